The van der Waals surface area contributed by atoms with Crippen LogP contribution in [0.2, 0.25) is 0 Å². The van der Waals surface area contributed by atoms with Crippen molar-refractivity contribution in [3.05, 3.63) is 83.9 Å². The van der Waals surface area contributed by atoms with E-state index in [1.807, 2.05) is 30.3 Å². The normalized spacial score (nSPS) is 14.3. The number of hydrogen-bond acceptors (Lipinski definition) is 2. The first-order chi connectivity index (χ1) is 18.0. The summed E-state index contributed by atoms with van der Waals surface area (Å²) < 4.78 is 2.22. The third-order valence-corrected chi connectivity index (χ3v) is 8.20. The lowest BCUT2D eigenvalue weighted by Crippen LogP contribution is -2.43. The second-order valence-corrected chi connectivity index (χ2v) is 10.3. The van der Waals surface area contributed by atoms with Gasteiger partial charge in [-0.25, -0.2) is 0 Å². The lowest BCUT2D eigenvalue weighted by molar-refractivity contribution is 0.0580. The van der Waals surface area contributed by atoms with Crippen LogP contribution in [0.3, 0.4) is 0 Å². The Balaban J connectivity index is 1.47. The molecule has 6 rings (SSSR count). The van der Waals surface area contributed by atoms with Crippen LogP contribution in [-0.4, -0.2) is 27.8 Å². The number of benzene rings is 4. The highest BCUT2D eigenvalue weighted by atomic mass is 16.2. The minimum Gasteiger partial charge on any atom is -0.344 e. The number of para-hydroxylation sites is 1. The summed E-state index contributed by atoms with van der Waals surface area (Å²) in [7, 11) is 2.10. The number of unbranched alkanes of at least 4 members (excludes halogenated alkanes) is 1. The van der Waals surface area contributed by atoms with Crippen molar-refractivity contribution in [3.63, 3.8) is 0 Å². The Morgan fingerprint density at radius 1 is 0.730 bits per heavy atom. The van der Waals surface area contributed by atoms with Gasteiger partial charge in [0.1, 0.15) is 0 Å². The predicted octanol–water partition coefficient (Wildman–Crippen LogP) is 7.96. The molecule has 37 heavy (non-hydrogen) atoms. The third-order valence-electron chi connectivity index (χ3n) is 8.20. The summed E-state index contributed by atoms with van der Waals surface area (Å²) in [5, 5.41) is 4.16. The molecule has 0 saturated heterocycles. The van der Waals surface area contributed by atoms with Crippen molar-refractivity contribution in [1.29, 1.82) is 0 Å². The van der Waals surface area contributed by atoms with E-state index in [2.05, 4.69) is 67.9 Å². The molecule has 1 aliphatic heterocycles. The average molecular weight is 489 g/mol. The lowest BCUT2D eigenvalue weighted by Gasteiger charge is -2.30. The number of fused-ring (bicyclic) bond motifs is 3. The summed E-state index contributed by atoms with van der Waals surface area (Å²) in [6, 6.07) is 24.8. The molecular formula is C33H32N2O2. The molecule has 4 aromatic carbocycles. The minimum atomic E-state index is -0.167. The number of aryl methyl sites for hydroxylation is 1. The van der Waals surface area contributed by atoms with Crippen LogP contribution in [0.15, 0.2) is 72.8 Å². The molecular weight excluding hydrogens is 456 g/mol. The van der Waals surface area contributed by atoms with Gasteiger partial charge in [-0.15, -0.1) is 0 Å². The molecule has 0 aliphatic carbocycles. The van der Waals surface area contributed by atoms with Gasteiger partial charge in [0.05, 0.1) is 0 Å². The van der Waals surface area contributed by atoms with Crippen LogP contribution in [0.25, 0.3) is 43.7 Å². The third kappa shape index (κ3) is 3.66. The number of nitrogens with zero attached hydrogens (tertiary/aromatic N) is 2. The van der Waals surface area contributed by atoms with Gasteiger partial charge < -0.3 is 4.57 Å². The van der Waals surface area contributed by atoms with Gasteiger partial charge in [-0.1, -0.05) is 75.6 Å². The van der Waals surface area contributed by atoms with Crippen LogP contribution in [0.1, 0.15) is 60.2 Å². The average Bonchev–Trinajstić information content (AvgIpc) is 3.22. The van der Waals surface area contributed by atoms with Crippen molar-refractivity contribution >= 4 is 44.4 Å². The zero-order valence-electron chi connectivity index (χ0n) is 21.8. The van der Waals surface area contributed by atoms with Gasteiger partial charge in [0, 0.05) is 51.9 Å². The number of aromatic nitrogens is 1. The van der Waals surface area contributed by atoms with E-state index in [1.165, 1.54) is 26.7 Å². The van der Waals surface area contributed by atoms with Crippen molar-refractivity contribution in [2.45, 2.75) is 39.5 Å². The van der Waals surface area contributed by atoms with Gasteiger partial charge in [-0.3, -0.25) is 14.5 Å². The maximum Gasteiger partial charge on any atom is 0.261 e. The van der Waals surface area contributed by atoms with Crippen LogP contribution >= 0.6 is 0 Å². The number of amides is 2. The summed E-state index contributed by atoms with van der Waals surface area (Å²) in [6.45, 7) is 4.81. The first kappa shape index (κ1) is 23.5. The largest absolute Gasteiger partial charge is 0.344 e. The second kappa shape index (κ2) is 9.19. The van der Waals surface area contributed by atoms with Crippen molar-refractivity contribution in [2.24, 2.45) is 13.0 Å². The van der Waals surface area contributed by atoms with Crippen molar-refractivity contribution in [1.82, 2.24) is 9.47 Å². The zero-order valence-corrected chi connectivity index (χ0v) is 21.8. The number of carbonyl (C=O) groups excluding carboxylic acids is 2. The van der Waals surface area contributed by atoms with Crippen molar-refractivity contribution in [3.8, 4) is 11.1 Å². The van der Waals surface area contributed by atoms with E-state index in [4.69, 9.17) is 0 Å². The van der Waals surface area contributed by atoms with Gasteiger partial charge in [0.15, 0.2) is 0 Å². The SMILES string of the molecule is CCCCC(CC)CN1C(=O)c2cccc3c(-c4ccc5c(c4)c4ccccc4n5C)ccc(c23)C1=O. The second-order valence-electron chi connectivity index (χ2n) is 10.3. The summed E-state index contributed by atoms with van der Waals surface area (Å²) in [4.78, 5) is 28.7. The molecule has 4 heteroatoms. The molecule has 0 spiro atoms. The predicted molar refractivity (Wildman–Crippen MR) is 152 cm³/mol. The first-order valence-electron chi connectivity index (χ1n) is 13.4. The molecule has 2 amide bonds. The highest BCUT2D eigenvalue weighted by molar-refractivity contribution is 6.27. The van der Waals surface area contributed by atoms with Crippen LogP contribution in [0.5, 0.6) is 0 Å². The van der Waals surface area contributed by atoms with E-state index >= 15 is 0 Å². The first-order valence-corrected chi connectivity index (χ1v) is 13.4. The molecule has 0 radical (unpaired) electrons. The fraction of sp³-hybridized carbons (Fsp3) is 0.273. The molecule has 186 valence electrons. The maximum absolute atomic E-state index is 13.6. The number of carbonyl (C=O) groups is 2. The molecule has 4 nitrogen and oxygen atoms in total. The highest BCUT2D eigenvalue weighted by Gasteiger charge is 2.34. The van der Waals surface area contributed by atoms with Crippen LogP contribution in [0, 0.1) is 5.92 Å². The summed E-state index contributed by atoms with van der Waals surface area (Å²) in [5.74, 6) is -0.000271. The van der Waals surface area contributed by atoms with Crippen molar-refractivity contribution in [2.75, 3.05) is 6.54 Å². The molecule has 5 aromatic rings. The summed E-state index contributed by atoms with van der Waals surface area (Å²) >= 11 is 0. The maximum atomic E-state index is 13.6. The summed E-state index contributed by atoms with van der Waals surface area (Å²) in [6.07, 6.45) is 4.24. The van der Waals surface area contributed by atoms with E-state index in [9.17, 15) is 9.59 Å². The quantitative estimate of drug-likeness (QED) is 0.218. The van der Waals surface area contributed by atoms with E-state index in [0.717, 1.165) is 47.6 Å². The van der Waals surface area contributed by atoms with E-state index in [0.29, 0.717) is 23.6 Å². The topological polar surface area (TPSA) is 42.3 Å². The van der Waals surface area contributed by atoms with E-state index in [-0.39, 0.29) is 11.8 Å². The van der Waals surface area contributed by atoms with Gasteiger partial charge in [0.25, 0.3) is 11.8 Å². The number of imide groups is 1. The lowest BCUT2D eigenvalue weighted by atomic mass is 9.88. The van der Waals surface area contributed by atoms with Gasteiger partial charge >= 0.3 is 0 Å². The molecule has 2 heterocycles. The Hall–Kier alpha value is -3.92. The Kier molecular flexibility index (Phi) is 5.83. The van der Waals surface area contributed by atoms with E-state index in [1.54, 1.807) is 0 Å². The molecule has 0 saturated carbocycles. The Morgan fingerprint density at radius 2 is 1.43 bits per heavy atom. The van der Waals surface area contributed by atoms with Gasteiger partial charge in [0.2, 0.25) is 0 Å². The van der Waals surface area contributed by atoms with Crippen molar-refractivity contribution < 1.29 is 9.59 Å². The monoisotopic (exact) mass is 488 g/mol. The zero-order chi connectivity index (χ0) is 25.7. The molecule has 1 aromatic heterocycles. The summed E-state index contributed by atoms with van der Waals surface area (Å²) in [5.41, 5.74) is 5.77. The van der Waals surface area contributed by atoms with Crippen LogP contribution < -0.4 is 0 Å². The smallest absolute Gasteiger partial charge is 0.261 e. The fourth-order valence-electron chi connectivity index (χ4n) is 6.07. The highest BCUT2D eigenvalue weighted by Crippen LogP contribution is 2.39. The fourth-order valence-corrected chi connectivity index (χ4v) is 6.07. The molecule has 1 unspecified atom stereocenters. The molecule has 1 atom stereocenters. The number of hydrogen-bond donors (Lipinski definition) is 0. The molecule has 0 N–H and O–H groups in total. The van der Waals surface area contributed by atoms with Gasteiger partial charge in [-0.05, 0) is 59.2 Å². The standard InChI is InChI=1S/C33H32N2O2/c1-4-6-10-21(5-2)20-35-32(36)26-13-9-12-25-23(16-17-27(31(25)26)33(35)37)22-15-18-30-28(19-22)24-11-7-8-14-29(24)34(30)3/h7-9,11-19,21H,4-6,10,20H2,1-3H3. The van der Waals surface area contributed by atoms with Crippen LogP contribution in [0.4, 0.5) is 0 Å². The molecule has 0 bridgehead atoms. The van der Waals surface area contributed by atoms with Crippen LogP contribution in [-0.2, 0) is 7.05 Å². The van der Waals surface area contributed by atoms with E-state index < -0.39 is 0 Å². The Bertz CT molecular complexity index is 1670. The molecule has 0 fully saturated rings. The molecule has 1 aliphatic rings. The minimum absolute atomic E-state index is 0.167. The Labute approximate surface area is 217 Å². The Morgan fingerprint density at radius 3 is 2.22 bits per heavy atom. The number of rotatable bonds is 7. The van der Waals surface area contributed by atoms with Gasteiger partial charge in [-0.2, -0.15) is 0 Å².